The third-order valence-corrected chi connectivity index (χ3v) is 9.13. The first-order valence-corrected chi connectivity index (χ1v) is 23.8. The summed E-state index contributed by atoms with van der Waals surface area (Å²) < 4.78 is 0. The number of hydrogen-bond donors (Lipinski definition) is 0. The average molecular weight is 807 g/mol. The number of rotatable bonds is 22. The fourth-order valence-electron chi connectivity index (χ4n) is 4.71. The van der Waals surface area contributed by atoms with Gasteiger partial charge >= 0.3 is 0 Å². The van der Waals surface area contributed by atoms with Crippen LogP contribution in [0.3, 0.4) is 0 Å². The molecular formula is C54H110O3. The Labute approximate surface area is 362 Å². The first kappa shape index (κ1) is 67.3. The summed E-state index contributed by atoms with van der Waals surface area (Å²) in [5, 5.41) is 0. The standard InChI is InChI=1S/C11H20O.C9H18O.C9H18.C9H20.C8H16O.C8H18/c1-8(2)6-7-10(5)11(12)9(3)4;1-7(2)5-6-9(10)8(3)4;1-7(2)6-9(5)8(3)4;1-8(2)6-5-7-9(3)4;1-6(2)5-8(9)7(3)4;1-7(2)5-6-8(3)4/h8-9H,5-7H2,1-4H3;7-8H,5-6H2,1-4H3;7-8H,5-6H2,1-4H3;8-9H,5-7H2,1-4H3;6-7H,5H2,1-4H3;7-8H,5-6H2,1-4H3. The molecule has 0 rings (SSSR count). The lowest BCUT2D eigenvalue weighted by molar-refractivity contribution is -0.123. The van der Waals surface area contributed by atoms with Crippen molar-refractivity contribution in [2.75, 3.05) is 0 Å². The molecule has 344 valence electrons. The van der Waals surface area contributed by atoms with Gasteiger partial charge in [-0.05, 0) is 84.5 Å². The molecule has 0 bridgehead atoms. The third-order valence-electron chi connectivity index (χ3n) is 9.13. The minimum atomic E-state index is 0.102. The summed E-state index contributed by atoms with van der Waals surface area (Å²) in [5.74, 6) is 8.34. The first-order chi connectivity index (χ1) is 25.8. The minimum Gasteiger partial charge on any atom is -0.299 e. The van der Waals surface area contributed by atoms with Crippen LogP contribution >= 0.6 is 0 Å². The van der Waals surface area contributed by atoms with Crippen molar-refractivity contribution in [1.82, 2.24) is 0 Å². The Morgan fingerprint density at radius 2 is 0.649 bits per heavy atom. The van der Waals surface area contributed by atoms with Gasteiger partial charge in [0.1, 0.15) is 11.6 Å². The number of ketones is 3. The van der Waals surface area contributed by atoms with Crippen LogP contribution in [0.2, 0.25) is 0 Å². The molecule has 0 heterocycles. The van der Waals surface area contributed by atoms with E-state index in [0.29, 0.717) is 35.2 Å². The van der Waals surface area contributed by atoms with Crippen LogP contribution in [0.15, 0.2) is 24.3 Å². The molecule has 0 aromatic carbocycles. The zero-order valence-corrected chi connectivity index (χ0v) is 43.8. The van der Waals surface area contributed by atoms with Crippen molar-refractivity contribution in [2.24, 2.45) is 71.0 Å². The van der Waals surface area contributed by atoms with Gasteiger partial charge < -0.3 is 0 Å². The van der Waals surface area contributed by atoms with E-state index in [1.165, 1.54) is 44.1 Å². The topological polar surface area (TPSA) is 51.2 Å². The molecule has 0 N–H and O–H groups in total. The average Bonchev–Trinajstić information content (AvgIpc) is 3.05. The lowest BCUT2D eigenvalue weighted by Gasteiger charge is -2.10. The van der Waals surface area contributed by atoms with E-state index in [1.54, 1.807) is 0 Å². The van der Waals surface area contributed by atoms with Crippen molar-refractivity contribution in [3.05, 3.63) is 24.3 Å². The van der Waals surface area contributed by atoms with E-state index in [9.17, 15) is 14.4 Å². The smallest absolute Gasteiger partial charge is 0.160 e. The highest BCUT2D eigenvalue weighted by molar-refractivity contribution is 5.96. The number of Topliss-reactive ketones (excluding diaryl/α,β-unsaturated/α-hetero) is 3. The summed E-state index contributed by atoms with van der Waals surface area (Å²) in [6.07, 6.45) is 12.6. The fourth-order valence-corrected chi connectivity index (χ4v) is 4.71. The molecule has 0 spiro atoms. The van der Waals surface area contributed by atoms with Crippen molar-refractivity contribution in [3.8, 4) is 0 Å². The minimum absolute atomic E-state index is 0.102. The Morgan fingerprint density at radius 1 is 0.333 bits per heavy atom. The van der Waals surface area contributed by atoms with E-state index < -0.39 is 0 Å². The van der Waals surface area contributed by atoms with Gasteiger partial charge in [0, 0.05) is 30.6 Å². The maximum Gasteiger partial charge on any atom is 0.160 e. The van der Waals surface area contributed by atoms with Crippen molar-refractivity contribution >= 4 is 17.3 Å². The SMILES string of the molecule is C=C(CC(C)C)C(C)C.C=C(CCC(C)C)C(=O)C(C)C.CC(C)CC(=O)C(C)C.CC(C)CCC(=O)C(C)C.CC(C)CCC(C)C.CC(C)CCCC(C)C. The maximum absolute atomic E-state index is 11.4. The lowest BCUT2D eigenvalue weighted by atomic mass is 9.96. The molecule has 57 heavy (non-hydrogen) atoms. The molecular weight excluding hydrogens is 697 g/mol. The molecule has 3 heteroatoms. The van der Waals surface area contributed by atoms with Gasteiger partial charge in [0.05, 0.1) is 0 Å². The molecule has 0 atom stereocenters. The Morgan fingerprint density at radius 3 is 0.860 bits per heavy atom. The summed E-state index contributed by atoms with van der Waals surface area (Å²) in [4.78, 5) is 33.4. The number of hydrogen-bond acceptors (Lipinski definition) is 3. The third kappa shape index (κ3) is 66.6. The molecule has 0 aliphatic carbocycles. The second kappa shape index (κ2) is 42.6. The molecule has 0 aliphatic rings. The highest BCUT2D eigenvalue weighted by Crippen LogP contribution is 2.17. The van der Waals surface area contributed by atoms with E-state index >= 15 is 0 Å². The van der Waals surface area contributed by atoms with Gasteiger partial charge in [-0.25, -0.2) is 0 Å². The van der Waals surface area contributed by atoms with Crippen molar-refractivity contribution in [1.29, 1.82) is 0 Å². The van der Waals surface area contributed by atoms with Crippen molar-refractivity contribution in [3.63, 3.8) is 0 Å². The van der Waals surface area contributed by atoms with Gasteiger partial charge in [0.25, 0.3) is 0 Å². The molecule has 0 saturated heterocycles. The largest absolute Gasteiger partial charge is 0.299 e. The molecule has 0 amide bonds. The predicted molar refractivity (Wildman–Crippen MR) is 262 cm³/mol. The van der Waals surface area contributed by atoms with Crippen LogP contribution in [0, 0.1) is 71.0 Å². The molecule has 3 nitrogen and oxygen atoms in total. The summed E-state index contributed by atoms with van der Waals surface area (Å²) >= 11 is 0. The zero-order valence-electron chi connectivity index (χ0n) is 43.8. The molecule has 0 fully saturated rings. The molecule has 0 saturated carbocycles. The summed E-state index contributed by atoms with van der Waals surface area (Å²) in [7, 11) is 0. The number of carbonyl (C=O) groups excluding carboxylic acids is 3. The monoisotopic (exact) mass is 807 g/mol. The first-order valence-electron chi connectivity index (χ1n) is 23.8. The van der Waals surface area contributed by atoms with Gasteiger partial charge in [-0.2, -0.15) is 0 Å². The van der Waals surface area contributed by atoms with Gasteiger partial charge in [0.15, 0.2) is 5.78 Å². The Kier molecular flexibility index (Phi) is 50.3. The van der Waals surface area contributed by atoms with Crippen LogP contribution in [0.1, 0.15) is 237 Å². The summed E-state index contributed by atoms with van der Waals surface area (Å²) in [6, 6.07) is 0. The van der Waals surface area contributed by atoms with Crippen LogP contribution in [-0.4, -0.2) is 17.3 Å². The Bertz CT molecular complexity index is 896. The lowest BCUT2D eigenvalue weighted by Crippen LogP contribution is -2.09. The molecule has 0 aromatic rings. The number of allylic oxidation sites excluding steroid dienone is 2. The predicted octanol–water partition coefficient (Wildman–Crippen LogP) is 17.9. The summed E-state index contributed by atoms with van der Waals surface area (Å²) in [5.41, 5.74) is 2.17. The van der Waals surface area contributed by atoms with E-state index in [1.807, 2.05) is 41.5 Å². The van der Waals surface area contributed by atoms with Crippen LogP contribution in [0.25, 0.3) is 0 Å². The molecule has 0 aromatic heterocycles. The second-order valence-corrected chi connectivity index (χ2v) is 21.3. The fraction of sp³-hybridized carbons (Fsp3) is 0.870. The zero-order chi connectivity index (χ0) is 46.6. The normalized spacial score (nSPS) is 11.0. The van der Waals surface area contributed by atoms with Crippen LogP contribution < -0.4 is 0 Å². The van der Waals surface area contributed by atoms with Gasteiger partial charge in [0.2, 0.25) is 0 Å². The van der Waals surface area contributed by atoms with E-state index in [0.717, 1.165) is 67.3 Å². The molecule has 0 aliphatic heterocycles. The Balaban J connectivity index is -0.000000138. The maximum atomic E-state index is 11.4. The highest BCUT2D eigenvalue weighted by atomic mass is 16.1. The highest BCUT2D eigenvalue weighted by Gasteiger charge is 2.11. The van der Waals surface area contributed by atoms with Gasteiger partial charge in [-0.3, -0.25) is 14.4 Å². The van der Waals surface area contributed by atoms with Crippen LogP contribution in [0.5, 0.6) is 0 Å². The molecule has 0 radical (unpaired) electrons. The van der Waals surface area contributed by atoms with Crippen LogP contribution in [-0.2, 0) is 14.4 Å². The summed E-state index contributed by atoms with van der Waals surface area (Å²) in [6.45, 7) is 59.4. The van der Waals surface area contributed by atoms with Crippen molar-refractivity contribution < 1.29 is 14.4 Å². The Hall–Kier alpha value is -1.51. The van der Waals surface area contributed by atoms with Crippen molar-refractivity contribution in [2.45, 2.75) is 237 Å². The number of carbonyl (C=O) groups is 3. The van der Waals surface area contributed by atoms with Gasteiger partial charge in [-0.15, -0.1) is 0 Å². The van der Waals surface area contributed by atoms with Crippen LogP contribution in [0.4, 0.5) is 0 Å². The molecule has 0 unspecified atom stereocenters. The van der Waals surface area contributed by atoms with E-state index in [-0.39, 0.29) is 23.5 Å². The van der Waals surface area contributed by atoms with Gasteiger partial charge in [-0.1, -0.05) is 217 Å². The van der Waals surface area contributed by atoms with E-state index in [2.05, 4.69) is 138 Å². The second-order valence-electron chi connectivity index (χ2n) is 21.3. The quantitative estimate of drug-likeness (QED) is 0.0809. The van der Waals surface area contributed by atoms with E-state index in [4.69, 9.17) is 0 Å².